The summed E-state index contributed by atoms with van der Waals surface area (Å²) in [6, 6.07) is 7.64. The maximum atomic E-state index is 12.4. The van der Waals surface area contributed by atoms with Crippen molar-refractivity contribution in [3.05, 3.63) is 52.7 Å². The van der Waals surface area contributed by atoms with E-state index in [1.807, 2.05) is 0 Å². The minimum atomic E-state index is -4.37. The normalized spacial score (nSPS) is 11.7. The van der Waals surface area contributed by atoms with Gasteiger partial charge in [-0.05, 0) is 29.8 Å². The molecule has 20 heavy (non-hydrogen) atoms. The number of nitrogens with zero attached hydrogens (tertiary/aromatic N) is 1. The van der Waals surface area contributed by atoms with Gasteiger partial charge in [-0.1, -0.05) is 29.4 Å². The summed E-state index contributed by atoms with van der Waals surface area (Å²) < 4.78 is 37.2. The Morgan fingerprint density at radius 3 is 2.45 bits per heavy atom. The number of rotatable bonds is 3. The molecule has 1 aromatic heterocycles. The average molecular weight is 319 g/mol. The molecular weight excluding hydrogens is 309 g/mol. The SMILES string of the molecule is NCc1ccc(Sc2ccc(C(F)(F)F)cn2)cc1Cl. The number of hydrogen-bond donors (Lipinski definition) is 1. The van der Waals surface area contributed by atoms with Crippen LogP contribution in [0, 0.1) is 0 Å². The minimum absolute atomic E-state index is 0.336. The highest BCUT2D eigenvalue weighted by Crippen LogP contribution is 2.32. The second-order valence-corrected chi connectivity index (χ2v) is 5.44. The zero-order chi connectivity index (χ0) is 14.8. The molecule has 0 bridgehead atoms. The Hall–Kier alpha value is -1.24. The Balaban J connectivity index is 2.16. The van der Waals surface area contributed by atoms with Crippen LogP contribution >= 0.6 is 23.4 Å². The van der Waals surface area contributed by atoms with E-state index in [1.165, 1.54) is 17.8 Å². The molecule has 0 saturated heterocycles. The quantitative estimate of drug-likeness (QED) is 0.913. The summed E-state index contributed by atoms with van der Waals surface area (Å²) in [5.74, 6) is 0. The smallest absolute Gasteiger partial charge is 0.326 e. The summed E-state index contributed by atoms with van der Waals surface area (Å²) in [6.07, 6.45) is -3.56. The standard InChI is InChI=1S/C13H10ClF3N2S/c14-11-5-10(3-1-8(11)6-18)20-12-4-2-9(7-19-12)13(15,16)17/h1-5,7H,6,18H2. The van der Waals surface area contributed by atoms with Gasteiger partial charge < -0.3 is 5.73 Å². The van der Waals surface area contributed by atoms with Gasteiger partial charge in [-0.15, -0.1) is 0 Å². The summed E-state index contributed by atoms with van der Waals surface area (Å²) in [5, 5.41) is 0.999. The van der Waals surface area contributed by atoms with Crippen LogP contribution in [0.5, 0.6) is 0 Å². The molecule has 0 aliphatic heterocycles. The molecule has 0 spiro atoms. The summed E-state index contributed by atoms with van der Waals surface area (Å²) >= 11 is 7.25. The van der Waals surface area contributed by atoms with Crippen LogP contribution in [0.2, 0.25) is 5.02 Å². The van der Waals surface area contributed by atoms with Crippen LogP contribution in [0.1, 0.15) is 11.1 Å². The molecule has 1 heterocycles. The van der Waals surface area contributed by atoms with Crippen LogP contribution in [0.4, 0.5) is 13.2 Å². The van der Waals surface area contributed by atoms with Crippen molar-refractivity contribution in [2.75, 3.05) is 0 Å². The molecule has 2 aromatic rings. The third kappa shape index (κ3) is 3.65. The first-order valence-corrected chi connectivity index (χ1v) is 6.79. The van der Waals surface area contributed by atoms with Crippen molar-refractivity contribution < 1.29 is 13.2 Å². The number of hydrogen-bond acceptors (Lipinski definition) is 3. The maximum Gasteiger partial charge on any atom is 0.417 e. The molecule has 0 saturated carbocycles. The van der Waals surface area contributed by atoms with Crippen LogP contribution in [-0.4, -0.2) is 4.98 Å². The monoisotopic (exact) mass is 318 g/mol. The van der Waals surface area contributed by atoms with E-state index < -0.39 is 11.7 Å². The van der Waals surface area contributed by atoms with Crippen molar-refractivity contribution in [1.82, 2.24) is 4.98 Å². The molecule has 0 atom stereocenters. The van der Waals surface area contributed by atoms with Crippen LogP contribution in [0.15, 0.2) is 46.5 Å². The van der Waals surface area contributed by atoms with E-state index >= 15 is 0 Å². The predicted octanol–water partition coefficient (Wildman–Crippen LogP) is 4.36. The molecule has 2 rings (SSSR count). The summed E-state index contributed by atoms with van der Waals surface area (Å²) in [4.78, 5) is 4.58. The van der Waals surface area contributed by atoms with Crippen LogP contribution in [0.25, 0.3) is 0 Å². The highest BCUT2D eigenvalue weighted by atomic mass is 35.5. The fraction of sp³-hybridized carbons (Fsp3) is 0.154. The predicted molar refractivity (Wildman–Crippen MR) is 72.7 cm³/mol. The van der Waals surface area contributed by atoms with Gasteiger partial charge in [0.25, 0.3) is 0 Å². The van der Waals surface area contributed by atoms with Gasteiger partial charge in [0.2, 0.25) is 0 Å². The topological polar surface area (TPSA) is 38.9 Å². The summed E-state index contributed by atoms with van der Waals surface area (Å²) in [6.45, 7) is 0.336. The van der Waals surface area contributed by atoms with Gasteiger partial charge in [0.1, 0.15) is 5.03 Å². The van der Waals surface area contributed by atoms with Crippen molar-refractivity contribution >= 4 is 23.4 Å². The van der Waals surface area contributed by atoms with E-state index in [0.717, 1.165) is 22.7 Å². The van der Waals surface area contributed by atoms with Gasteiger partial charge in [-0.25, -0.2) is 4.98 Å². The molecule has 7 heteroatoms. The number of pyridine rings is 1. The highest BCUT2D eigenvalue weighted by Gasteiger charge is 2.30. The molecule has 0 radical (unpaired) electrons. The Bertz CT molecular complexity index is 600. The molecule has 106 valence electrons. The van der Waals surface area contributed by atoms with E-state index in [9.17, 15) is 13.2 Å². The largest absolute Gasteiger partial charge is 0.417 e. The van der Waals surface area contributed by atoms with Crippen LogP contribution < -0.4 is 5.73 Å². The number of aromatic nitrogens is 1. The Labute approximate surface area is 123 Å². The number of alkyl halides is 3. The third-order valence-corrected chi connectivity index (χ3v) is 3.82. The van der Waals surface area contributed by atoms with Gasteiger partial charge in [0, 0.05) is 22.7 Å². The zero-order valence-electron chi connectivity index (χ0n) is 10.1. The van der Waals surface area contributed by atoms with Crippen molar-refractivity contribution in [1.29, 1.82) is 0 Å². The lowest BCUT2D eigenvalue weighted by Gasteiger charge is -2.07. The van der Waals surface area contributed by atoms with Crippen molar-refractivity contribution in [3.8, 4) is 0 Å². The molecular formula is C13H10ClF3N2S. The van der Waals surface area contributed by atoms with E-state index in [-0.39, 0.29) is 0 Å². The molecule has 0 amide bonds. The molecule has 2 N–H and O–H groups in total. The number of benzene rings is 1. The minimum Gasteiger partial charge on any atom is -0.326 e. The first-order chi connectivity index (χ1) is 9.40. The van der Waals surface area contributed by atoms with Crippen molar-refractivity contribution in [3.63, 3.8) is 0 Å². The third-order valence-electron chi connectivity index (χ3n) is 2.53. The van der Waals surface area contributed by atoms with Gasteiger partial charge >= 0.3 is 6.18 Å². The molecule has 0 aliphatic rings. The highest BCUT2D eigenvalue weighted by molar-refractivity contribution is 7.99. The van der Waals surface area contributed by atoms with E-state index in [1.54, 1.807) is 18.2 Å². The lowest BCUT2D eigenvalue weighted by atomic mass is 10.2. The van der Waals surface area contributed by atoms with E-state index in [4.69, 9.17) is 17.3 Å². The van der Waals surface area contributed by atoms with Crippen molar-refractivity contribution in [2.45, 2.75) is 22.6 Å². The first kappa shape index (κ1) is 15.2. The Kier molecular flexibility index (Phi) is 4.57. The van der Waals surface area contributed by atoms with Gasteiger partial charge in [0.15, 0.2) is 0 Å². The van der Waals surface area contributed by atoms with Gasteiger partial charge in [-0.3, -0.25) is 0 Å². The second kappa shape index (κ2) is 6.03. The second-order valence-electron chi connectivity index (χ2n) is 3.94. The van der Waals surface area contributed by atoms with Crippen molar-refractivity contribution in [2.24, 2.45) is 5.73 Å². The maximum absolute atomic E-state index is 12.4. The lowest BCUT2D eigenvalue weighted by Crippen LogP contribution is -2.05. The fourth-order valence-corrected chi connectivity index (χ4v) is 2.60. The van der Waals surface area contributed by atoms with Gasteiger partial charge in [0.05, 0.1) is 5.56 Å². The van der Waals surface area contributed by atoms with Crippen LogP contribution in [-0.2, 0) is 12.7 Å². The zero-order valence-corrected chi connectivity index (χ0v) is 11.7. The van der Waals surface area contributed by atoms with Crippen LogP contribution in [0.3, 0.4) is 0 Å². The Morgan fingerprint density at radius 1 is 1.20 bits per heavy atom. The molecule has 0 fully saturated rings. The lowest BCUT2D eigenvalue weighted by molar-refractivity contribution is -0.137. The van der Waals surface area contributed by atoms with E-state index in [2.05, 4.69) is 4.98 Å². The Morgan fingerprint density at radius 2 is 1.95 bits per heavy atom. The molecule has 2 nitrogen and oxygen atoms in total. The van der Waals surface area contributed by atoms with E-state index in [0.29, 0.717) is 16.6 Å². The summed E-state index contributed by atoms with van der Waals surface area (Å²) in [5.41, 5.74) is 5.55. The molecule has 1 aromatic carbocycles. The summed E-state index contributed by atoms with van der Waals surface area (Å²) in [7, 11) is 0. The fourth-order valence-electron chi connectivity index (χ4n) is 1.49. The number of halogens is 4. The van der Waals surface area contributed by atoms with Gasteiger partial charge in [-0.2, -0.15) is 13.2 Å². The molecule has 0 aliphatic carbocycles. The number of nitrogens with two attached hydrogens (primary N) is 1. The average Bonchev–Trinajstić information content (AvgIpc) is 2.38. The first-order valence-electron chi connectivity index (χ1n) is 5.60. The molecule has 0 unspecified atom stereocenters.